The summed E-state index contributed by atoms with van der Waals surface area (Å²) in [7, 11) is 1.82. The number of carbonyl (C=O) groups excluding carboxylic acids is 1. The largest absolute Gasteiger partial charge is 0.338 e. The average molecular weight is 274 g/mol. The fourth-order valence-corrected chi connectivity index (χ4v) is 1.91. The molecule has 0 spiro atoms. The number of nitrogens with zero attached hydrogens (tertiary/aromatic N) is 3. The Hall–Kier alpha value is -0.840. The molecule has 0 radical (unpaired) electrons. The van der Waals surface area contributed by atoms with E-state index in [0.717, 1.165) is 24.1 Å². The molecule has 0 bridgehead atoms. The van der Waals surface area contributed by atoms with E-state index in [-0.39, 0.29) is 5.91 Å². The zero-order valence-corrected chi connectivity index (χ0v) is 10.9. The molecule has 0 aliphatic heterocycles. The van der Waals surface area contributed by atoms with E-state index in [1.165, 1.54) is 0 Å². The van der Waals surface area contributed by atoms with Crippen LogP contribution >= 0.6 is 15.9 Å². The molecule has 0 atom stereocenters. The van der Waals surface area contributed by atoms with Gasteiger partial charge in [0.2, 0.25) is 0 Å². The van der Waals surface area contributed by atoms with Crippen LogP contribution in [0.15, 0.2) is 6.20 Å². The Morgan fingerprint density at radius 1 is 1.67 bits per heavy atom. The summed E-state index contributed by atoms with van der Waals surface area (Å²) >= 11 is 3.34. The van der Waals surface area contributed by atoms with Crippen LogP contribution in [0, 0.1) is 6.92 Å². The summed E-state index contributed by atoms with van der Waals surface area (Å²) in [6.07, 6.45) is 1.77. The maximum atomic E-state index is 12.1. The van der Waals surface area contributed by atoms with E-state index in [4.69, 9.17) is 0 Å². The second-order valence-corrected chi connectivity index (χ2v) is 4.17. The van der Waals surface area contributed by atoms with Crippen LogP contribution in [-0.2, 0) is 7.05 Å². The van der Waals surface area contributed by atoms with Crippen LogP contribution in [0.5, 0.6) is 0 Å². The van der Waals surface area contributed by atoms with Crippen LogP contribution in [0.1, 0.15) is 23.0 Å². The van der Waals surface area contributed by atoms with E-state index >= 15 is 0 Å². The zero-order chi connectivity index (χ0) is 11.4. The number of alkyl halides is 1. The van der Waals surface area contributed by atoms with E-state index in [9.17, 15) is 4.79 Å². The van der Waals surface area contributed by atoms with Gasteiger partial charge < -0.3 is 4.90 Å². The van der Waals surface area contributed by atoms with Gasteiger partial charge in [-0.1, -0.05) is 15.9 Å². The molecule has 1 aromatic heterocycles. The molecule has 15 heavy (non-hydrogen) atoms. The first-order valence-electron chi connectivity index (χ1n) is 4.95. The first-order valence-corrected chi connectivity index (χ1v) is 6.07. The molecule has 1 aromatic rings. The van der Waals surface area contributed by atoms with Crippen LogP contribution in [0.3, 0.4) is 0 Å². The first-order chi connectivity index (χ1) is 7.10. The van der Waals surface area contributed by atoms with Crippen LogP contribution in [0.4, 0.5) is 0 Å². The number of halogens is 1. The summed E-state index contributed by atoms with van der Waals surface area (Å²) in [5.74, 6) is 0.0579. The Balaban J connectivity index is 2.87. The molecule has 1 heterocycles. The molecule has 84 valence electrons. The lowest BCUT2D eigenvalue weighted by atomic mass is 10.2. The van der Waals surface area contributed by atoms with E-state index in [1.54, 1.807) is 15.8 Å². The van der Waals surface area contributed by atoms with Gasteiger partial charge in [0, 0.05) is 31.7 Å². The predicted octanol–water partition coefficient (Wildman–Crippen LogP) is 1.59. The fourth-order valence-electron chi connectivity index (χ4n) is 1.49. The standard InChI is InChI=1S/C10H16BrN3O/c1-4-14(6-5-11)10(15)9-7-13(3)12-8(9)2/h7H,4-6H2,1-3H3. The highest BCUT2D eigenvalue weighted by atomic mass is 79.9. The van der Waals surface area contributed by atoms with Crippen molar-refractivity contribution in [3.8, 4) is 0 Å². The minimum atomic E-state index is 0.0579. The summed E-state index contributed by atoms with van der Waals surface area (Å²) in [6.45, 7) is 5.28. The van der Waals surface area contributed by atoms with Crippen molar-refractivity contribution in [1.82, 2.24) is 14.7 Å². The molecule has 1 rings (SSSR count). The lowest BCUT2D eigenvalue weighted by Gasteiger charge is -2.18. The maximum absolute atomic E-state index is 12.1. The van der Waals surface area contributed by atoms with E-state index in [2.05, 4.69) is 21.0 Å². The number of aromatic nitrogens is 2. The van der Waals surface area contributed by atoms with Crippen molar-refractivity contribution in [3.05, 3.63) is 17.5 Å². The lowest BCUT2D eigenvalue weighted by molar-refractivity contribution is 0.0774. The molecule has 1 amide bonds. The summed E-state index contributed by atoms with van der Waals surface area (Å²) in [5.41, 5.74) is 1.48. The summed E-state index contributed by atoms with van der Waals surface area (Å²) in [6, 6.07) is 0. The van der Waals surface area contributed by atoms with Crippen LogP contribution in [0.25, 0.3) is 0 Å². The number of carbonyl (C=O) groups is 1. The molecule has 0 aliphatic rings. The van der Waals surface area contributed by atoms with Gasteiger partial charge in [0.25, 0.3) is 5.91 Å². The summed E-state index contributed by atoms with van der Waals surface area (Å²) in [4.78, 5) is 13.9. The minimum absolute atomic E-state index is 0.0579. The molecule has 5 heteroatoms. The molecule has 0 aliphatic carbocycles. The Kier molecular flexibility index (Phi) is 4.32. The monoisotopic (exact) mass is 273 g/mol. The topological polar surface area (TPSA) is 38.1 Å². The third-order valence-corrected chi connectivity index (χ3v) is 2.62. The molecule has 0 unspecified atom stereocenters. The molecule has 0 fully saturated rings. The molecule has 0 N–H and O–H groups in total. The predicted molar refractivity (Wildman–Crippen MR) is 63.3 cm³/mol. The van der Waals surface area contributed by atoms with Crippen molar-refractivity contribution in [1.29, 1.82) is 0 Å². The van der Waals surface area contributed by atoms with Gasteiger partial charge in [-0.2, -0.15) is 5.10 Å². The zero-order valence-electron chi connectivity index (χ0n) is 9.33. The Bertz CT molecular complexity index is 348. The molecule has 0 saturated heterocycles. The highest BCUT2D eigenvalue weighted by molar-refractivity contribution is 9.09. The van der Waals surface area contributed by atoms with E-state index in [0.29, 0.717) is 5.56 Å². The Morgan fingerprint density at radius 3 is 2.73 bits per heavy atom. The second kappa shape index (κ2) is 5.30. The molecule has 4 nitrogen and oxygen atoms in total. The van der Waals surface area contributed by atoms with Gasteiger partial charge in [0.1, 0.15) is 0 Å². The Morgan fingerprint density at radius 2 is 2.33 bits per heavy atom. The van der Waals surface area contributed by atoms with Gasteiger partial charge in [-0.15, -0.1) is 0 Å². The summed E-state index contributed by atoms with van der Waals surface area (Å²) < 4.78 is 1.67. The number of hydrogen-bond acceptors (Lipinski definition) is 2. The van der Waals surface area contributed by atoms with E-state index in [1.807, 2.05) is 20.9 Å². The molecule has 0 saturated carbocycles. The van der Waals surface area contributed by atoms with Crippen molar-refractivity contribution < 1.29 is 4.79 Å². The van der Waals surface area contributed by atoms with Gasteiger partial charge in [-0.05, 0) is 13.8 Å². The molecular weight excluding hydrogens is 258 g/mol. The summed E-state index contributed by atoms with van der Waals surface area (Å²) in [5, 5.41) is 4.96. The van der Waals surface area contributed by atoms with Crippen LogP contribution < -0.4 is 0 Å². The maximum Gasteiger partial charge on any atom is 0.257 e. The van der Waals surface area contributed by atoms with Crippen LogP contribution in [0.2, 0.25) is 0 Å². The molecule has 0 aromatic carbocycles. The van der Waals surface area contributed by atoms with Crippen molar-refractivity contribution >= 4 is 21.8 Å². The smallest absolute Gasteiger partial charge is 0.257 e. The third-order valence-electron chi connectivity index (χ3n) is 2.27. The van der Waals surface area contributed by atoms with Gasteiger partial charge in [-0.25, -0.2) is 0 Å². The van der Waals surface area contributed by atoms with Gasteiger partial charge >= 0.3 is 0 Å². The van der Waals surface area contributed by atoms with Crippen molar-refractivity contribution in [2.45, 2.75) is 13.8 Å². The van der Waals surface area contributed by atoms with Crippen molar-refractivity contribution in [2.75, 3.05) is 18.4 Å². The van der Waals surface area contributed by atoms with E-state index < -0.39 is 0 Å². The third kappa shape index (κ3) is 2.81. The second-order valence-electron chi connectivity index (χ2n) is 3.38. The Labute approximate surface area is 98.4 Å². The molecular formula is C10H16BrN3O. The van der Waals surface area contributed by atoms with Gasteiger partial charge in [-0.3, -0.25) is 9.48 Å². The SMILES string of the molecule is CCN(CCBr)C(=O)c1cn(C)nc1C. The van der Waals surface area contributed by atoms with Gasteiger partial charge in [0.05, 0.1) is 11.3 Å². The highest BCUT2D eigenvalue weighted by Crippen LogP contribution is 2.09. The van der Waals surface area contributed by atoms with Crippen molar-refractivity contribution in [2.24, 2.45) is 7.05 Å². The number of aryl methyl sites for hydroxylation is 2. The van der Waals surface area contributed by atoms with Gasteiger partial charge in [0.15, 0.2) is 0 Å². The minimum Gasteiger partial charge on any atom is -0.338 e. The number of hydrogen-bond donors (Lipinski definition) is 0. The highest BCUT2D eigenvalue weighted by Gasteiger charge is 2.17. The van der Waals surface area contributed by atoms with Crippen molar-refractivity contribution in [3.63, 3.8) is 0 Å². The lowest BCUT2D eigenvalue weighted by Crippen LogP contribution is -2.32. The number of amides is 1. The average Bonchev–Trinajstić information content (AvgIpc) is 2.53. The first kappa shape index (κ1) is 12.2. The quantitative estimate of drug-likeness (QED) is 0.782. The normalized spacial score (nSPS) is 10.4. The fraction of sp³-hybridized carbons (Fsp3) is 0.600. The van der Waals surface area contributed by atoms with Crippen LogP contribution in [-0.4, -0.2) is 39.0 Å². The number of rotatable bonds is 4.